The molecule has 0 fully saturated rings. The Bertz CT molecular complexity index is 285. The van der Waals surface area contributed by atoms with Crippen molar-refractivity contribution in [2.75, 3.05) is 6.61 Å². The lowest BCUT2D eigenvalue weighted by atomic mass is 10.1. The summed E-state index contributed by atoms with van der Waals surface area (Å²) < 4.78 is 5.15. The van der Waals surface area contributed by atoms with Crippen LogP contribution in [-0.2, 0) is 11.2 Å². The molecule has 15 heavy (non-hydrogen) atoms. The Morgan fingerprint density at radius 3 is 2.47 bits per heavy atom. The van der Waals surface area contributed by atoms with Gasteiger partial charge in [-0.1, -0.05) is 37.6 Å². The van der Waals surface area contributed by atoms with Crippen molar-refractivity contribution in [1.29, 1.82) is 0 Å². The van der Waals surface area contributed by atoms with Crippen LogP contribution in [0.3, 0.4) is 0 Å². The van der Waals surface area contributed by atoms with Crippen LogP contribution in [0.25, 0.3) is 6.08 Å². The number of benzene rings is 1. The molecule has 0 aliphatic heterocycles. The van der Waals surface area contributed by atoms with Crippen molar-refractivity contribution in [3.63, 3.8) is 0 Å². The van der Waals surface area contributed by atoms with Crippen LogP contribution in [0, 0.1) is 0 Å². The fourth-order valence-electron chi connectivity index (χ4n) is 1.40. The second-order valence-electron chi connectivity index (χ2n) is 3.60. The van der Waals surface area contributed by atoms with Gasteiger partial charge in [0.1, 0.15) is 0 Å². The lowest BCUT2D eigenvalue weighted by molar-refractivity contribution is 0.272. The van der Waals surface area contributed by atoms with Crippen LogP contribution in [0.15, 0.2) is 30.5 Å². The highest BCUT2D eigenvalue weighted by atomic mass is 16.5. The Labute approximate surface area is 92.8 Å². The summed E-state index contributed by atoms with van der Waals surface area (Å²) in [5, 5.41) is 0. The van der Waals surface area contributed by atoms with E-state index in [1.54, 1.807) is 6.26 Å². The summed E-state index contributed by atoms with van der Waals surface area (Å²) in [6, 6.07) is 8.67. The molecule has 0 saturated heterocycles. The molecule has 0 radical (unpaired) electrons. The van der Waals surface area contributed by atoms with Crippen molar-refractivity contribution in [3.05, 3.63) is 41.7 Å². The number of hydrogen-bond acceptors (Lipinski definition) is 1. The Hall–Kier alpha value is -1.24. The molecule has 1 rings (SSSR count). The summed E-state index contributed by atoms with van der Waals surface area (Å²) in [7, 11) is 0. The quantitative estimate of drug-likeness (QED) is 0.635. The van der Waals surface area contributed by atoms with E-state index < -0.39 is 0 Å². The Kier molecular flexibility index (Phi) is 5.60. The van der Waals surface area contributed by atoms with Gasteiger partial charge in [0.25, 0.3) is 0 Å². The van der Waals surface area contributed by atoms with E-state index in [9.17, 15) is 0 Å². The minimum atomic E-state index is 0.727. The van der Waals surface area contributed by atoms with Gasteiger partial charge in [0.15, 0.2) is 0 Å². The van der Waals surface area contributed by atoms with Gasteiger partial charge in [-0.3, -0.25) is 0 Å². The average Bonchev–Trinajstić information content (AvgIpc) is 2.28. The number of hydrogen-bond donors (Lipinski definition) is 0. The van der Waals surface area contributed by atoms with Crippen LogP contribution in [0.4, 0.5) is 0 Å². The van der Waals surface area contributed by atoms with Crippen LogP contribution in [0.1, 0.15) is 37.8 Å². The van der Waals surface area contributed by atoms with Gasteiger partial charge in [-0.25, -0.2) is 0 Å². The summed E-state index contributed by atoms with van der Waals surface area (Å²) >= 11 is 0. The predicted octanol–water partition coefficient (Wildman–Crippen LogP) is 4.04. The minimum absolute atomic E-state index is 0.727. The Morgan fingerprint density at radius 1 is 1.13 bits per heavy atom. The third-order valence-corrected chi connectivity index (χ3v) is 2.32. The maximum absolute atomic E-state index is 5.15. The third kappa shape index (κ3) is 4.68. The predicted molar refractivity (Wildman–Crippen MR) is 65.7 cm³/mol. The first kappa shape index (κ1) is 11.8. The summed E-state index contributed by atoms with van der Waals surface area (Å²) in [6.07, 6.45) is 7.46. The molecule has 0 unspecified atom stereocenters. The van der Waals surface area contributed by atoms with E-state index in [2.05, 4.69) is 31.2 Å². The second kappa shape index (κ2) is 7.10. The zero-order chi connectivity index (χ0) is 10.9. The highest BCUT2D eigenvalue weighted by Gasteiger charge is 1.92. The van der Waals surface area contributed by atoms with Crippen molar-refractivity contribution in [2.24, 2.45) is 0 Å². The van der Waals surface area contributed by atoms with Crippen LogP contribution in [0.2, 0.25) is 0 Å². The Balaban J connectivity index is 2.48. The molecule has 1 aromatic rings. The minimum Gasteiger partial charge on any atom is -0.501 e. The van der Waals surface area contributed by atoms with E-state index in [4.69, 9.17) is 4.74 Å². The first-order valence-electron chi connectivity index (χ1n) is 5.74. The van der Waals surface area contributed by atoms with E-state index in [-0.39, 0.29) is 0 Å². The number of unbranched alkanes of at least 4 members (excludes halogenated alkanes) is 1. The average molecular weight is 204 g/mol. The highest BCUT2D eigenvalue weighted by molar-refractivity contribution is 5.48. The van der Waals surface area contributed by atoms with Gasteiger partial charge >= 0.3 is 0 Å². The molecule has 0 spiro atoms. The van der Waals surface area contributed by atoms with Gasteiger partial charge in [0.05, 0.1) is 12.9 Å². The van der Waals surface area contributed by atoms with Crippen LogP contribution in [-0.4, -0.2) is 6.61 Å². The van der Waals surface area contributed by atoms with Crippen molar-refractivity contribution in [3.8, 4) is 0 Å². The Morgan fingerprint density at radius 2 is 1.87 bits per heavy atom. The van der Waals surface area contributed by atoms with Crippen molar-refractivity contribution in [2.45, 2.75) is 33.1 Å². The monoisotopic (exact) mass is 204 g/mol. The fraction of sp³-hybridized carbons (Fsp3) is 0.429. The van der Waals surface area contributed by atoms with Crippen molar-refractivity contribution in [1.82, 2.24) is 0 Å². The number of aryl methyl sites for hydroxylation is 1. The fourth-order valence-corrected chi connectivity index (χ4v) is 1.40. The molecule has 82 valence electrons. The molecule has 0 aliphatic rings. The number of rotatable bonds is 6. The number of ether oxygens (including phenoxy) is 1. The lowest BCUT2D eigenvalue weighted by Gasteiger charge is -2.00. The molecule has 0 bridgehead atoms. The molecular weight excluding hydrogens is 184 g/mol. The normalized spacial score (nSPS) is 10.8. The van der Waals surface area contributed by atoms with E-state index in [1.807, 2.05) is 13.0 Å². The van der Waals surface area contributed by atoms with Crippen molar-refractivity contribution < 1.29 is 4.74 Å². The maximum atomic E-state index is 5.15. The zero-order valence-electron chi connectivity index (χ0n) is 9.70. The summed E-state index contributed by atoms with van der Waals surface area (Å²) in [5.74, 6) is 0. The topological polar surface area (TPSA) is 9.23 Å². The van der Waals surface area contributed by atoms with E-state index >= 15 is 0 Å². The maximum Gasteiger partial charge on any atom is 0.0845 e. The lowest BCUT2D eigenvalue weighted by Crippen LogP contribution is -1.84. The van der Waals surface area contributed by atoms with Crippen LogP contribution in [0.5, 0.6) is 0 Å². The molecule has 0 N–H and O–H groups in total. The van der Waals surface area contributed by atoms with Gasteiger partial charge in [-0.15, -0.1) is 0 Å². The van der Waals surface area contributed by atoms with E-state index in [0.29, 0.717) is 0 Å². The van der Waals surface area contributed by atoms with Crippen LogP contribution < -0.4 is 0 Å². The molecule has 1 aromatic carbocycles. The molecule has 1 nitrogen and oxygen atoms in total. The summed E-state index contributed by atoms with van der Waals surface area (Å²) in [6.45, 7) is 4.93. The van der Waals surface area contributed by atoms with Gasteiger partial charge in [0, 0.05) is 0 Å². The third-order valence-electron chi connectivity index (χ3n) is 2.32. The van der Waals surface area contributed by atoms with Gasteiger partial charge in [-0.2, -0.15) is 0 Å². The SMILES string of the molecule is CCCCc1ccc(C=COCC)cc1. The standard InChI is InChI=1S/C14H20O/c1-3-5-6-13-7-9-14(10-8-13)11-12-15-4-2/h7-12H,3-6H2,1-2H3. The smallest absolute Gasteiger partial charge is 0.0845 e. The molecule has 0 saturated carbocycles. The van der Waals surface area contributed by atoms with Gasteiger partial charge < -0.3 is 4.74 Å². The van der Waals surface area contributed by atoms with Gasteiger partial charge in [0.2, 0.25) is 0 Å². The van der Waals surface area contributed by atoms with Gasteiger partial charge in [-0.05, 0) is 37.0 Å². The molecule has 0 heterocycles. The van der Waals surface area contributed by atoms with E-state index in [0.717, 1.165) is 6.61 Å². The van der Waals surface area contributed by atoms with Crippen LogP contribution >= 0.6 is 0 Å². The van der Waals surface area contributed by atoms with E-state index in [1.165, 1.54) is 30.4 Å². The first-order chi connectivity index (χ1) is 7.36. The first-order valence-corrected chi connectivity index (χ1v) is 5.74. The zero-order valence-corrected chi connectivity index (χ0v) is 9.70. The molecule has 0 amide bonds. The summed E-state index contributed by atoms with van der Waals surface area (Å²) in [5.41, 5.74) is 2.62. The second-order valence-corrected chi connectivity index (χ2v) is 3.60. The molecule has 1 heteroatoms. The molecule has 0 aromatic heterocycles. The summed E-state index contributed by atoms with van der Waals surface area (Å²) in [4.78, 5) is 0. The molecular formula is C14H20O. The largest absolute Gasteiger partial charge is 0.501 e. The molecule has 0 atom stereocenters. The molecule has 0 aliphatic carbocycles. The van der Waals surface area contributed by atoms with Crippen molar-refractivity contribution >= 4 is 6.08 Å². The highest BCUT2D eigenvalue weighted by Crippen LogP contribution is 2.09.